The zero-order valence-electron chi connectivity index (χ0n) is 15.3. The minimum Gasteiger partial charge on any atom is -0.377 e. The Labute approximate surface area is 168 Å². The van der Waals surface area contributed by atoms with Gasteiger partial charge in [-0.3, -0.25) is 5.10 Å². The zero-order chi connectivity index (χ0) is 19.6. The van der Waals surface area contributed by atoms with E-state index in [2.05, 4.69) is 32.0 Å². The van der Waals surface area contributed by atoms with Crippen LogP contribution in [0.5, 0.6) is 0 Å². The number of rotatable bonds is 6. The van der Waals surface area contributed by atoms with Crippen LogP contribution in [-0.2, 0) is 16.6 Å². The van der Waals surface area contributed by atoms with E-state index in [4.69, 9.17) is 0 Å². The Bertz CT molecular complexity index is 1130. The Morgan fingerprint density at radius 2 is 2.18 bits per heavy atom. The predicted molar refractivity (Wildman–Crippen MR) is 112 cm³/mol. The van der Waals surface area contributed by atoms with E-state index in [1.54, 1.807) is 17.5 Å². The van der Waals surface area contributed by atoms with Gasteiger partial charge in [0, 0.05) is 31.3 Å². The lowest BCUT2D eigenvalue weighted by Crippen LogP contribution is -2.22. The summed E-state index contributed by atoms with van der Waals surface area (Å²) in [5.74, 6) is 0. The third-order valence-electron chi connectivity index (χ3n) is 4.50. The highest BCUT2D eigenvalue weighted by Gasteiger charge is 2.16. The van der Waals surface area contributed by atoms with Crippen molar-refractivity contribution in [2.24, 2.45) is 0 Å². The van der Waals surface area contributed by atoms with E-state index in [1.807, 2.05) is 43.7 Å². The highest BCUT2D eigenvalue weighted by molar-refractivity contribution is 7.91. The molecule has 1 aromatic carbocycles. The summed E-state index contributed by atoms with van der Waals surface area (Å²) in [6.45, 7) is 1.08. The van der Waals surface area contributed by atoms with Crippen molar-refractivity contribution < 1.29 is 8.42 Å². The molecule has 28 heavy (non-hydrogen) atoms. The number of H-pyrrole nitrogens is 1. The monoisotopic (exact) mass is 412 g/mol. The fraction of sp³-hybridized carbons (Fsp3) is 0.150. The summed E-state index contributed by atoms with van der Waals surface area (Å²) < 4.78 is 27.6. The molecular formula is C20H20N4O2S2. The van der Waals surface area contributed by atoms with E-state index < -0.39 is 10.0 Å². The molecule has 0 fully saturated rings. The Kier molecular flexibility index (Phi) is 5.17. The number of nitrogens with zero attached hydrogens (tertiary/aromatic N) is 2. The number of hydrogen-bond donors (Lipinski definition) is 2. The Morgan fingerprint density at radius 3 is 2.93 bits per heavy atom. The molecule has 1 aliphatic rings. The summed E-state index contributed by atoms with van der Waals surface area (Å²) in [6, 6.07) is 11.1. The predicted octanol–water partition coefficient (Wildman–Crippen LogP) is 3.46. The second kappa shape index (κ2) is 7.75. The Morgan fingerprint density at radius 1 is 1.29 bits per heavy atom. The van der Waals surface area contributed by atoms with Gasteiger partial charge in [-0.05, 0) is 40.9 Å². The molecule has 0 spiro atoms. The second-order valence-corrected chi connectivity index (χ2v) is 9.47. The van der Waals surface area contributed by atoms with E-state index >= 15 is 0 Å². The molecule has 0 aliphatic carbocycles. The number of nitrogens with one attached hydrogen (secondary N) is 2. The molecule has 2 N–H and O–H groups in total. The Balaban J connectivity index is 1.56. The number of aromatic nitrogens is 2. The number of likely N-dealkylation sites (N-methyl/N-ethyl adjacent to an activating group) is 1. The van der Waals surface area contributed by atoms with Crippen LogP contribution < -0.4 is 4.72 Å². The van der Waals surface area contributed by atoms with Crippen LogP contribution >= 0.6 is 11.3 Å². The summed E-state index contributed by atoms with van der Waals surface area (Å²) in [5, 5.41) is 9.05. The number of thiophene rings is 1. The van der Waals surface area contributed by atoms with Crippen molar-refractivity contribution in [2.75, 3.05) is 13.6 Å². The lowest BCUT2D eigenvalue weighted by molar-refractivity contribution is 0.506. The average molecular weight is 413 g/mol. The standard InChI is InChI=1S/C20H20N4O2S2/c1-24-9-7-16(8-10-24)18-14-21-23-20(18)17-5-2-4-15(12-17)13-22-28(25,26)19-6-3-11-27-19/h2-9,11-12,14,22H,10,13H2,1H3,(H,21,23). The van der Waals surface area contributed by atoms with E-state index in [9.17, 15) is 8.42 Å². The number of allylic oxidation sites excluding steroid dienone is 2. The number of sulfonamides is 1. The van der Waals surface area contributed by atoms with Crippen LogP contribution in [0.4, 0.5) is 0 Å². The topological polar surface area (TPSA) is 78.1 Å². The maximum atomic E-state index is 12.3. The molecule has 0 saturated carbocycles. The van der Waals surface area contributed by atoms with E-state index in [0.717, 1.165) is 34.5 Å². The molecule has 0 radical (unpaired) electrons. The molecule has 2 aromatic heterocycles. The highest BCUT2D eigenvalue weighted by Crippen LogP contribution is 2.29. The third kappa shape index (κ3) is 3.94. The van der Waals surface area contributed by atoms with Gasteiger partial charge in [-0.2, -0.15) is 5.10 Å². The first-order valence-electron chi connectivity index (χ1n) is 8.78. The van der Waals surface area contributed by atoms with Crippen molar-refractivity contribution in [3.05, 3.63) is 77.5 Å². The van der Waals surface area contributed by atoms with Gasteiger partial charge in [-0.15, -0.1) is 11.3 Å². The number of aromatic amines is 1. The van der Waals surface area contributed by atoms with Crippen molar-refractivity contribution in [3.8, 4) is 11.3 Å². The molecule has 3 aromatic rings. The summed E-state index contributed by atoms with van der Waals surface area (Å²) >= 11 is 1.20. The van der Waals surface area contributed by atoms with E-state index in [0.29, 0.717) is 4.21 Å². The first-order valence-corrected chi connectivity index (χ1v) is 11.1. The molecule has 8 heteroatoms. The molecule has 0 atom stereocenters. The lowest BCUT2D eigenvalue weighted by Gasteiger charge is -2.17. The molecule has 144 valence electrons. The summed E-state index contributed by atoms with van der Waals surface area (Å²) in [7, 11) is -1.46. The molecule has 4 rings (SSSR count). The molecule has 6 nitrogen and oxygen atoms in total. The van der Waals surface area contributed by atoms with E-state index in [1.165, 1.54) is 11.3 Å². The minimum absolute atomic E-state index is 0.227. The highest BCUT2D eigenvalue weighted by atomic mass is 32.2. The molecular weight excluding hydrogens is 392 g/mol. The van der Waals surface area contributed by atoms with Crippen molar-refractivity contribution in [1.29, 1.82) is 0 Å². The van der Waals surface area contributed by atoms with Gasteiger partial charge >= 0.3 is 0 Å². The van der Waals surface area contributed by atoms with Gasteiger partial charge in [0.15, 0.2) is 0 Å². The molecule has 0 unspecified atom stereocenters. The van der Waals surface area contributed by atoms with Crippen molar-refractivity contribution >= 4 is 26.9 Å². The number of benzene rings is 1. The van der Waals surface area contributed by atoms with Gasteiger partial charge in [-0.25, -0.2) is 13.1 Å². The third-order valence-corrected chi connectivity index (χ3v) is 7.30. The van der Waals surface area contributed by atoms with Gasteiger partial charge in [0.25, 0.3) is 0 Å². The van der Waals surface area contributed by atoms with Gasteiger partial charge in [-0.1, -0.05) is 30.3 Å². The van der Waals surface area contributed by atoms with Crippen LogP contribution in [0.15, 0.2) is 70.5 Å². The molecule has 0 saturated heterocycles. The maximum Gasteiger partial charge on any atom is 0.250 e. The fourth-order valence-electron chi connectivity index (χ4n) is 3.01. The SMILES string of the molecule is CN1C=CC(c2cn[nH]c2-c2cccc(CNS(=O)(=O)c3cccs3)c2)=CC1. The van der Waals surface area contributed by atoms with Crippen LogP contribution in [0.1, 0.15) is 11.1 Å². The first kappa shape index (κ1) is 18.7. The van der Waals surface area contributed by atoms with Crippen molar-refractivity contribution in [2.45, 2.75) is 10.8 Å². The van der Waals surface area contributed by atoms with E-state index in [-0.39, 0.29) is 6.54 Å². The lowest BCUT2D eigenvalue weighted by atomic mass is 9.99. The summed E-state index contributed by atoms with van der Waals surface area (Å²) in [6.07, 6.45) is 8.09. The normalized spacial score (nSPS) is 14.3. The molecule has 1 aliphatic heterocycles. The Hall–Kier alpha value is -2.68. The fourth-order valence-corrected chi connectivity index (χ4v) is 5.06. The van der Waals surface area contributed by atoms with Gasteiger partial charge in [0.05, 0.1) is 11.9 Å². The molecule has 0 amide bonds. The van der Waals surface area contributed by atoms with Crippen LogP contribution in [-0.4, -0.2) is 37.1 Å². The largest absolute Gasteiger partial charge is 0.377 e. The van der Waals surface area contributed by atoms with Crippen LogP contribution in [0, 0.1) is 0 Å². The van der Waals surface area contributed by atoms with Crippen molar-refractivity contribution in [1.82, 2.24) is 19.8 Å². The average Bonchev–Trinajstić information content (AvgIpc) is 3.40. The minimum atomic E-state index is -3.49. The zero-order valence-corrected chi connectivity index (χ0v) is 16.9. The smallest absolute Gasteiger partial charge is 0.250 e. The van der Waals surface area contributed by atoms with Gasteiger partial charge in [0.2, 0.25) is 10.0 Å². The quantitative estimate of drug-likeness (QED) is 0.650. The summed E-state index contributed by atoms with van der Waals surface area (Å²) in [5.41, 5.74) is 4.91. The van der Waals surface area contributed by atoms with Gasteiger partial charge < -0.3 is 4.90 Å². The van der Waals surface area contributed by atoms with Crippen molar-refractivity contribution in [3.63, 3.8) is 0 Å². The summed E-state index contributed by atoms with van der Waals surface area (Å²) in [4.78, 5) is 2.10. The molecule has 0 bridgehead atoms. The maximum absolute atomic E-state index is 12.3. The van der Waals surface area contributed by atoms with Crippen LogP contribution in [0.2, 0.25) is 0 Å². The van der Waals surface area contributed by atoms with Gasteiger partial charge in [0.1, 0.15) is 4.21 Å². The van der Waals surface area contributed by atoms with Crippen LogP contribution in [0.25, 0.3) is 16.8 Å². The second-order valence-electron chi connectivity index (χ2n) is 6.53. The molecule has 3 heterocycles. The van der Waals surface area contributed by atoms with Crippen LogP contribution in [0.3, 0.4) is 0 Å². The number of hydrogen-bond acceptors (Lipinski definition) is 5. The first-order chi connectivity index (χ1) is 13.5.